The minimum absolute atomic E-state index is 0.233. The third-order valence-electron chi connectivity index (χ3n) is 2.35. The molecule has 0 amide bonds. The van der Waals surface area contributed by atoms with Gasteiger partial charge in [0.25, 0.3) is 6.47 Å². The molecule has 0 saturated heterocycles. The third kappa shape index (κ3) is 6.17. The second-order valence-corrected chi connectivity index (χ2v) is 3.66. The summed E-state index contributed by atoms with van der Waals surface area (Å²) in [5.41, 5.74) is 3.28. The fourth-order valence-corrected chi connectivity index (χ4v) is 1.18. The number of allylic oxidation sites excluding steroid dienone is 3. The highest BCUT2D eigenvalue weighted by Crippen LogP contribution is 2.09. The molecule has 3 heteroatoms. The summed E-state index contributed by atoms with van der Waals surface area (Å²) in [5, 5.41) is 0. The van der Waals surface area contributed by atoms with E-state index in [0.29, 0.717) is 6.47 Å². The van der Waals surface area contributed by atoms with Crippen molar-refractivity contribution in [3.63, 3.8) is 0 Å². The van der Waals surface area contributed by atoms with Gasteiger partial charge in [0.05, 0.1) is 5.70 Å². The number of carbonyl (C=O) groups is 1. The highest BCUT2D eigenvalue weighted by molar-refractivity contribution is 5.79. The van der Waals surface area contributed by atoms with Crippen LogP contribution in [0.3, 0.4) is 0 Å². The van der Waals surface area contributed by atoms with Crippen molar-refractivity contribution < 1.29 is 9.53 Å². The summed E-state index contributed by atoms with van der Waals surface area (Å²) in [7, 11) is 0. The molecule has 0 aromatic rings. The van der Waals surface area contributed by atoms with E-state index in [1.165, 1.54) is 11.1 Å². The van der Waals surface area contributed by atoms with E-state index in [1.807, 2.05) is 26.1 Å². The summed E-state index contributed by atoms with van der Waals surface area (Å²) in [4.78, 5) is 14.3. The lowest BCUT2D eigenvalue weighted by Crippen LogP contribution is -1.95. The molecule has 0 bridgehead atoms. The van der Waals surface area contributed by atoms with Crippen molar-refractivity contribution in [1.82, 2.24) is 0 Å². The van der Waals surface area contributed by atoms with Gasteiger partial charge in [-0.3, -0.25) is 9.79 Å². The van der Waals surface area contributed by atoms with E-state index in [2.05, 4.69) is 23.6 Å². The predicted molar refractivity (Wildman–Crippen MR) is 67.5 cm³/mol. The maximum atomic E-state index is 10.0. The molecule has 0 fully saturated rings. The molecule has 0 aliphatic heterocycles. The molecule has 0 radical (unpaired) electrons. The van der Waals surface area contributed by atoms with E-state index in [9.17, 15) is 4.79 Å². The van der Waals surface area contributed by atoms with Crippen LogP contribution in [0.1, 0.15) is 40.5 Å². The van der Waals surface area contributed by atoms with Crippen LogP contribution in [0.4, 0.5) is 0 Å². The van der Waals surface area contributed by atoms with Gasteiger partial charge in [-0.15, -0.1) is 0 Å². The minimum Gasteiger partial charge on any atom is -0.461 e. The zero-order valence-corrected chi connectivity index (χ0v) is 10.6. The summed E-state index contributed by atoms with van der Waals surface area (Å²) in [6.45, 7) is 8.85. The Morgan fingerprint density at radius 3 is 2.56 bits per heavy atom. The van der Waals surface area contributed by atoms with Gasteiger partial charge < -0.3 is 4.74 Å². The van der Waals surface area contributed by atoms with Crippen LogP contribution in [0.15, 0.2) is 27.9 Å². The molecule has 0 heterocycles. The molecule has 0 atom stereocenters. The highest BCUT2D eigenvalue weighted by atomic mass is 16.5. The first-order valence-electron chi connectivity index (χ1n) is 5.56. The molecule has 3 nitrogen and oxygen atoms in total. The monoisotopic (exact) mass is 223 g/mol. The van der Waals surface area contributed by atoms with Gasteiger partial charge in [-0.1, -0.05) is 25.0 Å². The Hall–Kier alpha value is -1.38. The predicted octanol–water partition coefficient (Wildman–Crippen LogP) is 3.27. The highest BCUT2D eigenvalue weighted by Gasteiger charge is 1.95. The van der Waals surface area contributed by atoms with E-state index in [0.717, 1.165) is 18.5 Å². The number of rotatable bonds is 7. The van der Waals surface area contributed by atoms with Gasteiger partial charge >= 0.3 is 0 Å². The number of nitrogens with zero attached hydrogens (tertiary/aromatic N) is 1. The normalized spacial score (nSPS) is 13.9. The lowest BCUT2D eigenvalue weighted by Gasteiger charge is -2.02. The van der Waals surface area contributed by atoms with Crippen molar-refractivity contribution in [1.29, 1.82) is 0 Å². The molecular formula is C13H21NO2. The molecule has 0 N–H and O–H groups in total. The SMILES string of the molecule is C\C=C(COC=O)/N=C/C(C)=C(\C)CCC. The Morgan fingerprint density at radius 1 is 1.38 bits per heavy atom. The fourth-order valence-electron chi connectivity index (χ4n) is 1.18. The van der Waals surface area contributed by atoms with Crippen LogP contribution in [0.25, 0.3) is 0 Å². The van der Waals surface area contributed by atoms with Gasteiger partial charge in [0.2, 0.25) is 0 Å². The topological polar surface area (TPSA) is 38.7 Å². The molecule has 0 aliphatic rings. The molecule has 0 unspecified atom stereocenters. The third-order valence-corrected chi connectivity index (χ3v) is 2.35. The Morgan fingerprint density at radius 2 is 2.06 bits per heavy atom. The van der Waals surface area contributed by atoms with Gasteiger partial charge in [-0.25, -0.2) is 0 Å². The van der Waals surface area contributed by atoms with Crippen LogP contribution in [-0.2, 0) is 9.53 Å². The number of hydrogen-bond acceptors (Lipinski definition) is 3. The first-order chi connectivity index (χ1) is 7.65. The van der Waals surface area contributed by atoms with Crippen molar-refractivity contribution in [2.24, 2.45) is 4.99 Å². The van der Waals surface area contributed by atoms with Crippen LogP contribution >= 0.6 is 0 Å². The molecular weight excluding hydrogens is 202 g/mol. The van der Waals surface area contributed by atoms with Crippen LogP contribution in [-0.4, -0.2) is 19.3 Å². The Bertz CT molecular complexity index is 301. The van der Waals surface area contributed by atoms with Crippen molar-refractivity contribution >= 4 is 12.7 Å². The van der Waals surface area contributed by atoms with Crippen LogP contribution in [0.5, 0.6) is 0 Å². The minimum atomic E-state index is 0.233. The van der Waals surface area contributed by atoms with Crippen LogP contribution in [0.2, 0.25) is 0 Å². The molecule has 0 spiro atoms. The fraction of sp³-hybridized carbons (Fsp3) is 0.538. The molecule has 0 saturated carbocycles. The zero-order chi connectivity index (χ0) is 12.4. The molecule has 90 valence electrons. The van der Waals surface area contributed by atoms with E-state index in [-0.39, 0.29) is 6.61 Å². The van der Waals surface area contributed by atoms with E-state index in [4.69, 9.17) is 0 Å². The molecule has 0 aliphatic carbocycles. The Balaban J connectivity index is 4.44. The molecule has 0 aromatic heterocycles. The maximum Gasteiger partial charge on any atom is 0.293 e. The van der Waals surface area contributed by atoms with E-state index in [1.54, 1.807) is 0 Å². The lowest BCUT2D eigenvalue weighted by molar-refractivity contribution is -0.127. The van der Waals surface area contributed by atoms with Crippen molar-refractivity contribution in [2.45, 2.75) is 40.5 Å². The van der Waals surface area contributed by atoms with Crippen LogP contribution in [0, 0.1) is 0 Å². The van der Waals surface area contributed by atoms with Crippen LogP contribution < -0.4 is 0 Å². The largest absolute Gasteiger partial charge is 0.461 e. The maximum absolute atomic E-state index is 10.0. The second-order valence-electron chi connectivity index (χ2n) is 3.66. The van der Waals surface area contributed by atoms with Crippen molar-refractivity contribution in [3.8, 4) is 0 Å². The quantitative estimate of drug-likeness (QED) is 0.491. The molecule has 16 heavy (non-hydrogen) atoms. The summed E-state index contributed by atoms with van der Waals surface area (Å²) in [6.07, 6.45) is 5.90. The van der Waals surface area contributed by atoms with Gasteiger partial charge in [0.1, 0.15) is 6.61 Å². The van der Waals surface area contributed by atoms with Gasteiger partial charge in [0.15, 0.2) is 0 Å². The Kier molecular flexibility index (Phi) is 8.12. The van der Waals surface area contributed by atoms with Gasteiger partial charge in [0, 0.05) is 6.21 Å². The first-order valence-corrected chi connectivity index (χ1v) is 5.56. The average Bonchev–Trinajstić information content (AvgIpc) is 2.29. The number of aliphatic imine (C=N–C) groups is 1. The smallest absolute Gasteiger partial charge is 0.293 e. The second kappa shape index (κ2) is 8.89. The van der Waals surface area contributed by atoms with Crippen molar-refractivity contribution in [2.75, 3.05) is 6.61 Å². The van der Waals surface area contributed by atoms with E-state index < -0.39 is 0 Å². The molecule has 0 rings (SSSR count). The number of ether oxygens (including phenoxy) is 1. The summed E-state index contributed by atoms with van der Waals surface area (Å²) >= 11 is 0. The lowest BCUT2D eigenvalue weighted by atomic mass is 10.1. The van der Waals surface area contributed by atoms with Crippen molar-refractivity contribution in [3.05, 3.63) is 22.9 Å². The standard InChI is InChI=1S/C13H21NO2/c1-5-7-11(3)12(4)8-14-13(6-2)9-16-10-15/h6,8,10H,5,7,9H2,1-4H3/b12-11+,13-6-,14-8+. The Labute approximate surface area is 97.9 Å². The molecule has 0 aromatic carbocycles. The number of carbonyl (C=O) groups excluding carboxylic acids is 1. The summed E-state index contributed by atoms with van der Waals surface area (Å²) in [6, 6.07) is 0. The van der Waals surface area contributed by atoms with Gasteiger partial charge in [-0.05, 0) is 32.8 Å². The summed E-state index contributed by atoms with van der Waals surface area (Å²) in [5.74, 6) is 0. The summed E-state index contributed by atoms with van der Waals surface area (Å²) < 4.78 is 4.65. The zero-order valence-electron chi connectivity index (χ0n) is 10.6. The number of hydrogen-bond donors (Lipinski definition) is 0. The van der Waals surface area contributed by atoms with E-state index >= 15 is 0 Å². The average molecular weight is 223 g/mol. The first kappa shape index (κ1) is 14.6. The van der Waals surface area contributed by atoms with Gasteiger partial charge in [-0.2, -0.15) is 0 Å².